The Hall–Kier alpha value is -0.780. The number of unbranched alkanes of at least 4 members (excludes halogenated alkanes) is 1. The molecule has 0 aromatic rings. The molecule has 2 unspecified atom stereocenters. The lowest BCUT2D eigenvalue weighted by Gasteiger charge is -2.30. The molecule has 1 aliphatic heterocycles. The van der Waals surface area contributed by atoms with E-state index in [0.29, 0.717) is 6.54 Å². The van der Waals surface area contributed by atoms with Crippen molar-refractivity contribution in [3.05, 3.63) is 0 Å². The van der Waals surface area contributed by atoms with Crippen LogP contribution in [0.1, 0.15) is 32.6 Å². The number of piperidine rings is 1. The molecule has 0 bridgehead atoms. The minimum absolute atomic E-state index is 0.0301. The van der Waals surface area contributed by atoms with E-state index in [1.165, 1.54) is 0 Å². The highest BCUT2D eigenvalue weighted by Gasteiger charge is 2.42. The van der Waals surface area contributed by atoms with Crippen molar-refractivity contribution in [2.45, 2.75) is 44.8 Å². The van der Waals surface area contributed by atoms with Gasteiger partial charge in [0.15, 0.2) is 0 Å². The number of rotatable bonds is 4. The highest BCUT2D eigenvalue weighted by Crippen LogP contribution is 2.31. The number of amides is 1. The van der Waals surface area contributed by atoms with Crippen molar-refractivity contribution in [3.8, 4) is 0 Å². The minimum Gasteiger partial charge on any atom is -0.355 e. The summed E-state index contributed by atoms with van der Waals surface area (Å²) in [7, 11) is 0. The lowest BCUT2D eigenvalue weighted by atomic mass is 9.94. The minimum atomic E-state index is -4.16. The van der Waals surface area contributed by atoms with E-state index in [-0.39, 0.29) is 25.3 Å². The van der Waals surface area contributed by atoms with Crippen LogP contribution in [0.4, 0.5) is 13.2 Å². The van der Waals surface area contributed by atoms with Gasteiger partial charge in [0.05, 0.1) is 12.0 Å². The summed E-state index contributed by atoms with van der Waals surface area (Å²) >= 11 is 0. The van der Waals surface area contributed by atoms with Crippen LogP contribution in [-0.2, 0) is 4.79 Å². The third-order valence-electron chi connectivity index (χ3n) is 3.02. The molecule has 1 aliphatic rings. The van der Waals surface area contributed by atoms with Gasteiger partial charge in [0, 0.05) is 13.1 Å². The van der Waals surface area contributed by atoms with Crippen LogP contribution in [-0.4, -0.2) is 31.2 Å². The summed E-state index contributed by atoms with van der Waals surface area (Å²) in [5.41, 5.74) is 0. The summed E-state index contributed by atoms with van der Waals surface area (Å²) in [6, 6.07) is -0.467. The Bertz CT molecular complexity index is 248. The standard InChI is InChI=1S/C11H19F3N2O/c1-2-3-6-15-10(17)9-5-4-8(7-16-9)11(12,13)14/h8-9,16H,2-7H2,1H3,(H,15,17). The second kappa shape index (κ2) is 6.23. The highest BCUT2D eigenvalue weighted by molar-refractivity contribution is 5.81. The fraction of sp³-hybridized carbons (Fsp3) is 0.909. The van der Waals surface area contributed by atoms with Gasteiger partial charge in [-0.25, -0.2) is 0 Å². The Morgan fingerprint density at radius 2 is 2.12 bits per heavy atom. The number of halogens is 3. The van der Waals surface area contributed by atoms with Crippen molar-refractivity contribution in [1.29, 1.82) is 0 Å². The van der Waals surface area contributed by atoms with E-state index >= 15 is 0 Å². The number of carbonyl (C=O) groups is 1. The van der Waals surface area contributed by atoms with Gasteiger partial charge < -0.3 is 10.6 Å². The maximum atomic E-state index is 12.4. The van der Waals surface area contributed by atoms with E-state index in [9.17, 15) is 18.0 Å². The first-order valence-electron chi connectivity index (χ1n) is 6.03. The van der Waals surface area contributed by atoms with E-state index < -0.39 is 18.1 Å². The predicted octanol–water partition coefficient (Wildman–Crippen LogP) is 1.83. The summed E-state index contributed by atoms with van der Waals surface area (Å²) in [4.78, 5) is 11.6. The molecule has 0 spiro atoms. The van der Waals surface area contributed by atoms with E-state index in [2.05, 4.69) is 10.6 Å². The number of nitrogens with one attached hydrogen (secondary N) is 2. The first-order valence-corrected chi connectivity index (χ1v) is 6.03. The Labute approximate surface area is 99.1 Å². The van der Waals surface area contributed by atoms with Crippen molar-refractivity contribution in [2.24, 2.45) is 5.92 Å². The van der Waals surface area contributed by atoms with Gasteiger partial charge in [0.2, 0.25) is 5.91 Å². The van der Waals surface area contributed by atoms with Crippen molar-refractivity contribution in [3.63, 3.8) is 0 Å². The lowest BCUT2D eigenvalue weighted by molar-refractivity contribution is -0.180. The van der Waals surface area contributed by atoms with Crippen LogP contribution in [0.15, 0.2) is 0 Å². The fourth-order valence-corrected chi connectivity index (χ4v) is 1.87. The smallest absolute Gasteiger partial charge is 0.355 e. The van der Waals surface area contributed by atoms with Gasteiger partial charge in [-0.1, -0.05) is 13.3 Å². The molecule has 2 N–H and O–H groups in total. The average molecular weight is 252 g/mol. The summed E-state index contributed by atoms with van der Waals surface area (Å²) in [6.07, 6.45) is -2.00. The van der Waals surface area contributed by atoms with Crippen LogP contribution in [0, 0.1) is 5.92 Å². The topological polar surface area (TPSA) is 41.1 Å². The maximum absolute atomic E-state index is 12.4. The van der Waals surface area contributed by atoms with Gasteiger partial charge in [-0.15, -0.1) is 0 Å². The first kappa shape index (κ1) is 14.3. The van der Waals surface area contributed by atoms with E-state index in [0.717, 1.165) is 12.8 Å². The van der Waals surface area contributed by atoms with Crippen molar-refractivity contribution in [2.75, 3.05) is 13.1 Å². The van der Waals surface area contributed by atoms with Crippen LogP contribution in [0.25, 0.3) is 0 Å². The van der Waals surface area contributed by atoms with Gasteiger partial charge in [0.1, 0.15) is 0 Å². The summed E-state index contributed by atoms with van der Waals surface area (Å²) in [5.74, 6) is -1.50. The molecule has 100 valence electrons. The second-order valence-electron chi connectivity index (χ2n) is 4.42. The zero-order valence-corrected chi connectivity index (χ0v) is 9.94. The largest absolute Gasteiger partial charge is 0.393 e. The number of carbonyl (C=O) groups excluding carboxylic acids is 1. The lowest BCUT2D eigenvalue weighted by Crippen LogP contribution is -2.51. The van der Waals surface area contributed by atoms with Gasteiger partial charge in [0.25, 0.3) is 0 Å². The molecule has 1 fully saturated rings. The molecule has 0 saturated carbocycles. The van der Waals surface area contributed by atoms with Crippen molar-refractivity contribution < 1.29 is 18.0 Å². The molecule has 2 atom stereocenters. The van der Waals surface area contributed by atoms with Crippen molar-refractivity contribution >= 4 is 5.91 Å². The van der Waals surface area contributed by atoms with E-state index in [1.807, 2.05) is 6.92 Å². The van der Waals surface area contributed by atoms with E-state index in [4.69, 9.17) is 0 Å². The van der Waals surface area contributed by atoms with Gasteiger partial charge >= 0.3 is 6.18 Å². The van der Waals surface area contributed by atoms with Gasteiger partial charge in [-0.05, 0) is 19.3 Å². The molecule has 1 saturated heterocycles. The molecule has 0 radical (unpaired) electrons. The molecule has 0 aromatic carbocycles. The third kappa shape index (κ3) is 4.53. The molecular weight excluding hydrogens is 233 g/mol. The molecular formula is C11H19F3N2O. The maximum Gasteiger partial charge on any atom is 0.393 e. The first-order chi connectivity index (χ1) is 7.95. The Morgan fingerprint density at radius 3 is 2.59 bits per heavy atom. The van der Waals surface area contributed by atoms with Gasteiger partial charge in [-0.3, -0.25) is 4.79 Å². The SMILES string of the molecule is CCCCNC(=O)C1CCC(C(F)(F)F)CN1. The molecule has 6 heteroatoms. The summed E-state index contributed by atoms with van der Waals surface area (Å²) < 4.78 is 37.1. The summed E-state index contributed by atoms with van der Waals surface area (Å²) in [6.45, 7) is 2.45. The van der Waals surface area contributed by atoms with Crippen LogP contribution >= 0.6 is 0 Å². The Morgan fingerprint density at radius 1 is 1.41 bits per heavy atom. The average Bonchev–Trinajstić information content (AvgIpc) is 2.28. The quantitative estimate of drug-likeness (QED) is 0.749. The molecule has 1 heterocycles. The van der Waals surface area contributed by atoms with Crippen LogP contribution in [0.5, 0.6) is 0 Å². The number of alkyl halides is 3. The Kier molecular flexibility index (Phi) is 5.24. The predicted molar refractivity (Wildman–Crippen MR) is 58.5 cm³/mol. The monoisotopic (exact) mass is 252 g/mol. The zero-order chi connectivity index (χ0) is 12.9. The fourth-order valence-electron chi connectivity index (χ4n) is 1.87. The van der Waals surface area contributed by atoms with Crippen LogP contribution < -0.4 is 10.6 Å². The zero-order valence-electron chi connectivity index (χ0n) is 9.94. The van der Waals surface area contributed by atoms with Gasteiger partial charge in [-0.2, -0.15) is 13.2 Å². The second-order valence-corrected chi connectivity index (χ2v) is 4.42. The summed E-state index contributed by atoms with van der Waals surface area (Å²) in [5, 5.41) is 5.39. The molecule has 0 aliphatic carbocycles. The van der Waals surface area contributed by atoms with E-state index in [1.54, 1.807) is 0 Å². The number of hydrogen-bond donors (Lipinski definition) is 2. The third-order valence-corrected chi connectivity index (χ3v) is 3.02. The Balaban J connectivity index is 2.29. The molecule has 17 heavy (non-hydrogen) atoms. The number of hydrogen-bond acceptors (Lipinski definition) is 2. The molecule has 3 nitrogen and oxygen atoms in total. The molecule has 1 amide bonds. The highest BCUT2D eigenvalue weighted by atomic mass is 19.4. The normalized spacial score (nSPS) is 25.6. The van der Waals surface area contributed by atoms with Crippen LogP contribution in [0.2, 0.25) is 0 Å². The van der Waals surface area contributed by atoms with Crippen molar-refractivity contribution in [1.82, 2.24) is 10.6 Å². The van der Waals surface area contributed by atoms with Crippen LogP contribution in [0.3, 0.4) is 0 Å². The molecule has 1 rings (SSSR count). The molecule has 0 aromatic heterocycles.